The molecule has 1 fully saturated rings. The molecule has 178 valence electrons. The van der Waals surface area contributed by atoms with E-state index in [1.54, 1.807) is 24.8 Å². The maximum Gasteiger partial charge on any atom is 0.133 e. The molecule has 0 radical (unpaired) electrons. The number of aliphatic hydroxyl groups excluding tert-OH is 1. The molecule has 2 unspecified atom stereocenters. The topological polar surface area (TPSA) is 79.3 Å². The van der Waals surface area contributed by atoms with Crippen molar-refractivity contribution in [2.24, 2.45) is 5.92 Å². The summed E-state index contributed by atoms with van der Waals surface area (Å²) in [4.78, 5) is 10.2. The quantitative estimate of drug-likeness (QED) is 0.315. The monoisotopic (exact) mass is 468 g/mol. The molecule has 0 aliphatic heterocycles. The van der Waals surface area contributed by atoms with Crippen molar-refractivity contribution < 1.29 is 9.84 Å². The minimum Gasteiger partial charge on any atom is -0.501 e. The lowest BCUT2D eigenvalue weighted by atomic mass is 10.1. The summed E-state index contributed by atoms with van der Waals surface area (Å²) in [5.41, 5.74) is 4.17. The Balaban J connectivity index is 1.85. The number of allylic oxidation sites excluding steroid dienone is 5. The number of thiophene rings is 1. The maximum atomic E-state index is 9.48. The molecule has 2 heterocycles. The number of rotatable bonds is 11. The van der Waals surface area contributed by atoms with Crippen molar-refractivity contribution in [1.29, 1.82) is 0 Å². The summed E-state index contributed by atoms with van der Waals surface area (Å²) in [6.45, 7) is 4.40. The number of anilines is 1. The third-order valence-electron chi connectivity index (χ3n) is 6.05. The Labute approximate surface area is 201 Å². The number of nitrogens with one attached hydrogen (secondary N) is 2. The first-order valence-corrected chi connectivity index (χ1v) is 12.5. The molecule has 33 heavy (non-hydrogen) atoms. The third kappa shape index (κ3) is 6.92. The highest BCUT2D eigenvalue weighted by molar-refractivity contribution is 7.11. The van der Waals surface area contributed by atoms with Crippen LogP contribution in [0.2, 0.25) is 0 Å². The van der Waals surface area contributed by atoms with Crippen molar-refractivity contribution in [2.75, 3.05) is 26.1 Å². The zero-order chi connectivity index (χ0) is 23.6. The van der Waals surface area contributed by atoms with Crippen LogP contribution in [0.5, 0.6) is 0 Å². The van der Waals surface area contributed by atoms with Gasteiger partial charge in [0.25, 0.3) is 0 Å². The highest BCUT2D eigenvalue weighted by atomic mass is 32.1. The fourth-order valence-electron chi connectivity index (χ4n) is 4.20. The van der Waals surface area contributed by atoms with Crippen molar-refractivity contribution in [2.45, 2.75) is 52.0 Å². The maximum absolute atomic E-state index is 9.48. The van der Waals surface area contributed by atoms with Crippen LogP contribution >= 0.6 is 11.3 Å². The number of aromatic nitrogens is 2. The Morgan fingerprint density at radius 3 is 2.79 bits per heavy atom. The largest absolute Gasteiger partial charge is 0.501 e. The van der Waals surface area contributed by atoms with E-state index in [2.05, 4.69) is 63.3 Å². The number of hydrogen-bond acceptors (Lipinski definition) is 7. The van der Waals surface area contributed by atoms with Crippen LogP contribution in [0, 0.1) is 12.8 Å². The molecule has 0 aromatic carbocycles. The Morgan fingerprint density at radius 2 is 2.15 bits per heavy atom. The van der Waals surface area contributed by atoms with E-state index in [9.17, 15) is 5.11 Å². The minimum atomic E-state index is 0.254. The Hall–Kier alpha value is -2.64. The van der Waals surface area contributed by atoms with Gasteiger partial charge >= 0.3 is 0 Å². The van der Waals surface area contributed by atoms with Gasteiger partial charge < -0.3 is 20.5 Å². The lowest BCUT2D eigenvalue weighted by Crippen LogP contribution is -2.19. The summed E-state index contributed by atoms with van der Waals surface area (Å²) in [5.74, 6) is 2.09. The van der Waals surface area contributed by atoms with E-state index in [1.165, 1.54) is 4.88 Å². The smallest absolute Gasteiger partial charge is 0.133 e. The van der Waals surface area contributed by atoms with E-state index < -0.39 is 0 Å². The average molecular weight is 469 g/mol. The Kier molecular flexibility index (Phi) is 9.51. The van der Waals surface area contributed by atoms with Crippen LogP contribution in [-0.2, 0) is 11.2 Å². The van der Waals surface area contributed by atoms with Gasteiger partial charge in [0, 0.05) is 37.4 Å². The number of aryl methyl sites for hydroxylation is 1. The van der Waals surface area contributed by atoms with Crippen molar-refractivity contribution in [3.8, 4) is 0 Å². The van der Waals surface area contributed by atoms with Crippen molar-refractivity contribution in [3.05, 3.63) is 69.5 Å². The molecule has 1 aliphatic carbocycles. The molecule has 2 aromatic rings. The molecule has 0 spiro atoms. The molecule has 6 nitrogen and oxygen atoms in total. The van der Waals surface area contributed by atoms with Gasteiger partial charge in [-0.15, -0.1) is 11.3 Å². The second-order valence-electron chi connectivity index (χ2n) is 8.38. The van der Waals surface area contributed by atoms with E-state index in [-0.39, 0.29) is 6.61 Å². The molecule has 3 N–H and O–H groups in total. The summed E-state index contributed by atoms with van der Waals surface area (Å²) in [7, 11) is 3.66. The van der Waals surface area contributed by atoms with E-state index >= 15 is 0 Å². The van der Waals surface area contributed by atoms with E-state index in [1.807, 2.05) is 14.0 Å². The van der Waals surface area contributed by atoms with Crippen LogP contribution < -0.4 is 10.6 Å². The average Bonchev–Trinajstić information content (AvgIpc) is 3.51. The minimum absolute atomic E-state index is 0.254. The lowest BCUT2D eigenvalue weighted by Gasteiger charge is -2.18. The molecular weight excluding hydrogens is 432 g/mol. The van der Waals surface area contributed by atoms with E-state index in [0.717, 1.165) is 59.8 Å². The van der Waals surface area contributed by atoms with Gasteiger partial charge in [0.1, 0.15) is 17.9 Å². The van der Waals surface area contributed by atoms with E-state index in [0.29, 0.717) is 18.4 Å². The van der Waals surface area contributed by atoms with Crippen LogP contribution in [0.4, 0.5) is 5.82 Å². The fourth-order valence-corrected chi connectivity index (χ4v) is 4.95. The van der Waals surface area contributed by atoms with Gasteiger partial charge in [-0.05, 0) is 67.7 Å². The normalized spacial score (nSPS) is 19.6. The molecule has 1 aliphatic rings. The highest BCUT2D eigenvalue weighted by Crippen LogP contribution is 2.29. The van der Waals surface area contributed by atoms with Gasteiger partial charge in [-0.2, -0.15) is 0 Å². The molecule has 3 rings (SSSR count). The third-order valence-corrected chi connectivity index (χ3v) is 6.95. The number of hydrogen-bond donors (Lipinski definition) is 3. The zero-order valence-corrected chi connectivity index (χ0v) is 20.9. The van der Waals surface area contributed by atoms with Crippen molar-refractivity contribution in [3.63, 3.8) is 0 Å². The van der Waals surface area contributed by atoms with Crippen molar-refractivity contribution in [1.82, 2.24) is 15.3 Å². The number of methoxy groups -OCH3 is 1. The predicted octanol–water partition coefficient (Wildman–Crippen LogP) is 5.09. The molecular formula is C26H36N4O2S. The molecule has 7 heteroatoms. The van der Waals surface area contributed by atoms with Gasteiger partial charge in [-0.1, -0.05) is 19.1 Å². The summed E-state index contributed by atoms with van der Waals surface area (Å²) in [6, 6.07) is 4.50. The first-order valence-electron chi connectivity index (χ1n) is 11.6. The van der Waals surface area contributed by atoms with Gasteiger partial charge in [0.15, 0.2) is 0 Å². The number of ether oxygens (including phenoxy) is 1. The summed E-state index contributed by atoms with van der Waals surface area (Å²) in [5, 5.41) is 18.5. The zero-order valence-electron chi connectivity index (χ0n) is 20.1. The van der Waals surface area contributed by atoms with Crippen LogP contribution in [0.25, 0.3) is 5.70 Å². The molecule has 2 atom stereocenters. The SMILES string of the molecule is CC/C=C(/C=C(/Cc1c(C)ncnc1NC1CCC(CO)C1)OC)\C=C(/NC)c1cccs1. The van der Waals surface area contributed by atoms with Crippen LogP contribution in [0.1, 0.15) is 48.7 Å². The van der Waals surface area contributed by atoms with Gasteiger partial charge in [0.05, 0.1) is 17.7 Å². The van der Waals surface area contributed by atoms with Crippen LogP contribution in [-0.4, -0.2) is 41.9 Å². The first-order chi connectivity index (χ1) is 16.1. The van der Waals surface area contributed by atoms with Crippen LogP contribution in [0.3, 0.4) is 0 Å². The highest BCUT2D eigenvalue weighted by Gasteiger charge is 2.25. The molecule has 0 bridgehead atoms. The van der Waals surface area contributed by atoms with Crippen LogP contribution in [0.15, 0.2) is 53.4 Å². The van der Waals surface area contributed by atoms with Gasteiger partial charge in [-0.25, -0.2) is 9.97 Å². The number of nitrogens with zero attached hydrogens (tertiary/aromatic N) is 2. The van der Waals surface area contributed by atoms with Gasteiger partial charge in [-0.3, -0.25) is 0 Å². The standard InChI is InChI=1S/C26H36N4O2S/c1-5-7-19(14-24(27-3)25-8-6-11-33-25)13-22(32-4)15-23-18(2)28-17-29-26(23)30-21-10-9-20(12-21)16-31/h6-8,11,13-14,17,20-21,27,31H,5,9-10,12,15-16H2,1-4H3,(H,28,29,30)/b19-7-,22-13-,24-14-. The second kappa shape index (κ2) is 12.6. The molecule has 2 aromatic heterocycles. The molecule has 1 saturated carbocycles. The molecule has 0 amide bonds. The Morgan fingerprint density at radius 1 is 1.30 bits per heavy atom. The lowest BCUT2D eigenvalue weighted by molar-refractivity contribution is 0.229. The second-order valence-corrected chi connectivity index (χ2v) is 9.33. The Bertz CT molecular complexity index is 982. The van der Waals surface area contributed by atoms with Gasteiger partial charge in [0.2, 0.25) is 0 Å². The summed E-state index contributed by atoms with van der Waals surface area (Å²) < 4.78 is 5.81. The predicted molar refractivity (Wildman–Crippen MR) is 137 cm³/mol. The van der Waals surface area contributed by atoms with Crippen molar-refractivity contribution >= 4 is 22.9 Å². The van der Waals surface area contributed by atoms with E-state index in [4.69, 9.17) is 4.74 Å². The number of aliphatic hydroxyl groups is 1. The molecule has 0 saturated heterocycles. The fraction of sp³-hybridized carbons (Fsp3) is 0.462. The first kappa shape index (κ1) is 25.0. The summed E-state index contributed by atoms with van der Waals surface area (Å²) in [6.07, 6.45) is 12.7. The summed E-state index contributed by atoms with van der Waals surface area (Å²) >= 11 is 1.71.